The first kappa shape index (κ1) is 18.8. The zero-order chi connectivity index (χ0) is 17.9. The van der Waals surface area contributed by atoms with Crippen molar-refractivity contribution < 1.29 is 4.74 Å². The van der Waals surface area contributed by atoms with Crippen molar-refractivity contribution in [3.05, 3.63) is 59.8 Å². The van der Waals surface area contributed by atoms with Crippen molar-refractivity contribution in [2.75, 3.05) is 19.7 Å². The summed E-state index contributed by atoms with van der Waals surface area (Å²) in [7, 11) is 0. The van der Waals surface area contributed by atoms with Crippen molar-refractivity contribution in [2.24, 2.45) is 4.99 Å². The molecule has 1 aromatic heterocycles. The summed E-state index contributed by atoms with van der Waals surface area (Å²) in [6.45, 7) is 9.08. The Balaban J connectivity index is 1.95. The molecule has 0 saturated carbocycles. The lowest BCUT2D eigenvalue weighted by Crippen LogP contribution is -2.39. The molecular weight excluding hydrogens is 312 g/mol. The molecule has 134 valence electrons. The van der Waals surface area contributed by atoms with Gasteiger partial charge in [-0.05, 0) is 37.0 Å². The highest BCUT2D eigenvalue weighted by molar-refractivity contribution is 5.79. The second-order valence-corrected chi connectivity index (χ2v) is 5.82. The minimum absolute atomic E-state index is 0.413. The van der Waals surface area contributed by atoms with Gasteiger partial charge in [-0.3, -0.25) is 0 Å². The average molecular weight is 340 g/mol. The molecule has 0 amide bonds. The Morgan fingerprint density at radius 1 is 1.16 bits per heavy atom. The van der Waals surface area contributed by atoms with Crippen molar-refractivity contribution >= 4 is 5.96 Å². The lowest BCUT2D eigenvalue weighted by molar-refractivity contribution is 0.326. The number of benzene rings is 1. The van der Waals surface area contributed by atoms with Crippen molar-refractivity contribution in [3.8, 4) is 5.88 Å². The van der Waals surface area contributed by atoms with Gasteiger partial charge >= 0.3 is 0 Å². The average Bonchev–Trinajstić information content (AvgIpc) is 2.65. The molecule has 2 aromatic rings. The first-order valence-electron chi connectivity index (χ1n) is 8.87. The predicted octanol–water partition coefficient (Wildman–Crippen LogP) is 3.34. The summed E-state index contributed by atoms with van der Waals surface area (Å²) in [5.74, 6) is 1.88. The smallest absolute Gasteiger partial charge is 0.213 e. The van der Waals surface area contributed by atoms with Gasteiger partial charge in [-0.25, -0.2) is 9.98 Å². The van der Waals surface area contributed by atoms with E-state index in [-0.39, 0.29) is 0 Å². The zero-order valence-electron chi connectivity index (χ0n) is 15.3. The van der Waals surface area contributed by atoms with E-state index < -0.39 is 0 Å². The van der Waals surface area contributed by atoms with Crippen LogP contribution in [0.2, 0.25) is 0 Å². The summed E-state index contributed by atoms with van der Waals surface area (Å²) < 4.78 is 5.44. The SMILES string of the molecule is CCNC(=NCc1ccnc(OCC)c1)NCC(C)c1ccccc1. The molecule has 1 atom stereocenters. The summed E-state index contributed by atoms with van der Waals surface area (Å²) in [6.07, 6.45) is 1.76. The summed E-state index contributed by atoms with van der Waals surface area (Å²) in [4.78, 5) is 8.85. The number of hydrogen-bond donors (Lipinski definition) is 2. The number of aromatic nitrogens is 1. The summed E-state index contributed by atoms with van der Waals surface area (Å²) >= 11 is 0. The van der Waals surface area contributed by atoms with Gasteiger partial charge in [0.2, 0.25) is 5.88 Å². The van der Waals surface area contributed by atoms with E-state index >= 15 is 0 Å². The fraction of sp³-hybridized carbons (Fsp3) is 0.400. The maximum Gasteiger partial charge on any atom is 0.213 e. The third kappa shape index (κ3) is 6.45. The lowest BCUT2D eigenvalue weighted by atomic mass is 10.0. The highest BCUT2D eigenvalue weighted by atomic mass is 16.5. The molecular formula is C20H28N4O. The van der Waals surface area contributed by atoms with E-state index in [1.54, 1.807) is 6.20 Å². The van der Waals surface area contributed by atoms with E-state index in [0.29, 0.717) is 24.9 Å². The molecule has 25 heavy (non-hydrogen) atoms. The van der Waals surface area contributed by atoms with Crippen LogP contribution in [0.15, 0.2) is 53.7 Å². The highest BCUT2D eigenvalue weighted by Crippen LogP contribution is 2.13. The van der Waals surface area contributed by atoms with Gasteiger partial charge in [-0.1, -0.05) is 37.3 Å². The van der Waals surface area contributed by atoms with Crippen LogP contribution in [0, 0.1) is 0 Å². The Labute approximate surface area is 150 Å². The van der Waals surface area contributed by atoms with E-state index in [2.05, 4.69) is 58.7 Å². The standard InChI is InChI=1S/C20H28N4O/c1-4-21-20(23-14-16(3)18-9-7-6-8-10-18)24-15-17-11-12-22-19(13-17)25-5-2/h6-13,16H,4-5,14-15H2,1-3H3,(H2,21,23,24). The van der Waals surface area contributed by atoms with Crippen LogP contribution in [0.1, 0.15) is 37.8 Å². The number of guanidine groups is 1. The number of aliphatic imine (C=N–C) groups is 1. The molecule has 0 aliphatic rings. The summed E-state index contributed by atoms with van der Waals surface area (Å²) in [5, 5.41) is 6.71. The molecule has 0 saturated heterocycles. The second kappa shape index (κ2) is 10.3. The largest absolute Gasteiger partial charge is 0.478 e. The number of rotatable bonds is 8. The molecule has 1 heterocycles. The fourth-order valence-corrected chi connectivity index (χ4v) is 2.44. The van der Waals surface area contributed by atoms with Gasteiger partial charge in [-0.2, -0.15) is 0 Å². The Morgan fingerprint density at radius 2 is 1.96 bits per heavy atom. The van der Waals surface area contributed by atoms with Crippen LogP contribution in [0.3, 0.4) is 0 Å². The van der Waals surface area contributed by atoms with Crippen molar-refractivity contribution in [1.82, 2.24) is 15.6 Å². The second-order valence-electron chi connectivity index (χ2n) is 5.82. The van der Waals surface area contributed by atoms with Crippen LogP contribution in [0.5, 0.6) is 5.88 Å². The van der Waals surface area contributed by atoms with Crippen molar-refractivity contribution in [2.45, 2.75) is 33.2 Å². The maximum absolute atomic E-state index is 5.44. The van der Waals surface area contributed by atoms with Crippen LogP contribution in [0.25, 0.3) is 0 Å². The molecule has 0 fully saturated rings. The number of hydrogen-bond acceptors (Lipinski definition) is 3. The number of ether oxygens (including phenoxy) is 1. The normalized spacial score (nSPS) is 12.5. The molecule has 1 aromatic carbocycles. The monoisotopic (exact) mass is 340 g/mol. The molecule has 5 nitrogen and oxygen atoms in total. The molecule has 2 N–H and O–H groups in total. The first-order chi connectivity index (χ1) is 12.2. The van der Waals surface area contributed by atoms with E-state index in [0.717, 1.165) is 24.6 Å². The number of pyridine rings is 1. The molecule has 2 rings (SSSR count). The minimum atomic E-state index is 0.413. The van der Waals surface area contributed by atoms with E-state index in [1.165, 1.54) is 5.56 Å². The first-order valence-corrected chi connectivity index (χ1v) is 8.87. The van der Waals surface area contributed by atoms with Crippen LogP contribution < -0.4 is 15.4 Å². The van der Waals surface area contributed by atoms with Crippen LogP contribution in [-0.2, 0) is 6.54 Å². The van der Waals surface area contributed by atoms with Gasteiger partial charge in [0, 0.05) is 25.4 Å². The van der Waals surface area contributed by atoms with Gasteiger partial charge in [-0.15, -0.1) is 0 Å². The van der Waals surface area contributed by atoms with E-state index in [1.807, 2.05) is 25.1 Å². The van der Waals surface area contributed by atoms with Gasteiger partial charge in [0.25, 0.3) is 0 Å². The molecule has 0 radical (unpaired) electrons. The Kier molecular flexibility index (Phi) is 7.76. The lowest BCUT2D eigenvalue weighted by Gasteiger charge is -2.16. The zero-order valence-corrected chi connectivity index (χ0v) is 15.3. The predicted molar refractivity (Wildman–Crippen MR) is 103 cm³/mol. The molecule has 0 spiro atoms. The fourth-order valence-electron chi connectivity index (χ4n) is 2.44. The van der Waals surface area contributed by atoms with Gasteiger partial charge < -0.3 is 15.4 Å². The molecule has 0 aliphatic carbocycles. The van der Waals surface area contributed by atoms with Gasteiger partial charge in [0.05, 0.1) is 13.2 Å². The van der Waals surface area contributed by atoms with E-state index in [4.69, 9.17) is 4.74 Å². The van der Waals surface area contributed by atoms with Crippen LogP contribution >= 0.6 is 0 Å². The molecule has 0 bridgehead atoms. The Hall–Kier alpha value is -2.56. The Bertz CT molecular complexity index is 658. The number of nitrogens with zero attached hydrogens (tertiary/aromatic N) is 2. The quantitative estimate of drug-likeness (QED) is 0.572. The molecule has 5 heteroatoms. The highest BCUT2D eigenvalue weighted by Gasteiger charge is 2.06. The van der Waals surface area contributed by atoms with Gasteiger partial charge in [0.15, 0.2) is 5.96 Å². The summed E-state index contributed by atoms with van der Waals surface area (Å²) in [5.41, 5.74) is 2.40. The molecule has 0 aliphatic heterocycles. The van der Waals surface area contributed by atoms with Crippen LogP contribution in [0.4, 0.5) is 0 Å². The minimum Gasteiger partial charge on any atom is -0.478 e. The van der Waals surface area contributed by atoms with Gasteiger partial charge in [0.1, 0.15) is 0 Å². The third-order valence-electron chi connectivity index (χ3n) is 3.80. The maximum atomic E-state index is 5.44. The molecule has 1 unspecified atom stereocenters. The van der Waals surface area contributed by atoms with Crippen LogP contribution in [-0.4, -0.2) is 30.6 Å². The van der Waals surface area contributed by atoms with Crippen molar-refractivity contribution in [1.29, 1.82) is 0 Å². The third-order valence-corrected chi connectivity index (χ3v) is 3.80. The van der Waals surface area contributed by atoms with Crippen molar-refractivity contribution in [3.63, 3.8) is 0 Å². The summed E-state index contributed by atoms with van der Waals surface area (Å²) in [6, 6.07) is 14.4. The van der Waals surface area contributed by atoms with E-state index in [9.17, 15) is 0 Å². The number of nitrogens with one attached hydrogen (secondary N) is 2. The topological polar surface area (TPSA) is 58.5 Å². The Morgan fingerprint density at radius 3 is 2.68 bits per heavy atom.